The molecule has 37 heavy (non-hydrogen) atoms. The van der Waals surface area contributed by atoms with Gasteiger partial charge in [-0.15, -0.1) is 10.2 Å². The van der Waals surface area contributed by atoms with Crippen molar-refractivity contribution in [1.29, 1.82) is 0 Å². The Morgan fingerprint density at radius 1 is 1.03 bits per heavy atom. The lowest BCUT2D eigenvalue weighted by molar-refractivity contribution is -0.133. The van der Waals surface area contributed by atoms with Crippen LogP contribution in [0.3, 0.4) is 0 Å². The van der Waals surface area contributed by atoms with Gasteiger partial charge in [-0.2, -0.15) is 5.10 Å². The Morgan fingerprint density at radius 2 is 1.78 bits per heavy atom. The van der Waals surface area contributed by atoms with E-state index < -0.39 is 0 Å². The zero-order chi connectivity index (χ0) is 26.5. The Hall–Kier alpha value is -3.55. The molecule has 0 aliphatic carbocycles. The number of piperazine rings is 1. The van der Waals surface area contributed by atoms with Crippen molar-refractivity contribution < 1.29 is 9.59 Å². The Kier molecular flexibility index (Phi) is 8.36. The molecule has 8 nitrogen and oxygen atoms in total. The van der Waals surface area contributed by atoms with Crippen molar-refractivity contribution in [2.45, 2.75) is 59.9 Å². The normalized spacial score (nSPS) is 16.0. The molecule has 1 unspecified atom stereocenters. The van der Waals surface area contributed by atoms with E-state index in [9.17, 15) is 9.59 Å². The van der Waals surface area contributed by atoms with E-state index in [1.54, 1.807) is 6.92 Å². The van der Waals surface area contributed by atoms with Gasteiger partial charge in [0.05, 0.1) is 0 Å². The molecule has 0 spiro atoms. The lowest BCUT2D eigenvalue weighted by Crippen LogP contribution is -2.56. The summed E-state index contributed by atoms with van der Waals surface area (Å²) >= 11 is 0. The SMILES string of the molecule is CC(=O)N1CCN(C(=O)c2cc(CC(C)C)c(-c3cc(Cc4ccccc4)[nH]n3)nn2)CC1CC(C)C. The number of benzene rings is 1. The Labute approximate surface area is 219 Å². The van der Waals surface area contributed by atoms with Gasteiger partial charge in [0.2, 0.25) is 5.91 Å². The number of carbonyl (C=O) groups is 2. The number of aromatic nitrogens is 4. The predicted molar refractivity (Wildman–Crippen MR) is 144 cm³/mol. The summed E-state index contributed by atoms with van der Waals surface area (Å²) in [6.07, 6.45) is 2.37. The third-order valence-electron chi connectivity index (χ3n) is 6.75. The molecule has 1 fully saturated rings. The van der Waals surface area contributed by atoms with Crippen molar-refractivity contribution in [3.05, 3.63) is 65.0 Å². The summed E-state index contributed by atoms with van der Waals surface area (Å²) in [7, 11) is 0. The molecule has 2 amide bonds. The fourth-order valence-electron chi connectivity index (χ4n) is 5.10. The van der Waals surface area contributed by atoms with Crippen LogP contribution in [0.1, 0.15) is 68.3 Å². The van der Waals surface area contributed by atoms with Gasteiger partial charge in [0.1, 0.15) is 11.4 Å². The van der Waals surface area contributed by atoms with Crippen LogP contribution in [0.2, 0.25) is 0 Å². The molecule has 1 aromatic carbocycles. The maximum absolute atomic E-state index is 13.5. The third kappa shape index (κ3) is 6.61. The number of rotatable bonds is 8. The molecule has 3 aromatic rings. The van der Waals surface area contributed by atoms with E-state index in [1.165, 1.54) is 5.56 Å². The van der Waals surface area contributed by atoms with Crippen molar-refractivity contribution in [2.24, 2.45) is 11.8 Å². The Balaban J connectivity index is 1.56. The minimum atomic E-state index is -0.132. The van der Waals surface area contributed by atoms with Gasteiger partial charge in [-0.1, -0.05) is 58.0 Å². The van der Waals surface area contributed by atoms with E-state index in [-0.39, 0.29) is 17.9 Å². The van der Waals surface area contributed by atoms with Crippen molar-refractivity contribution in [1.82, 2.24) is 30.2 Å². The topological polar surface area (TPSA) is 95.1 Å². The highest BCUT2D eigenvalue weighted by Gasteiger charge is 2.32. The van der Waals surface area contributed by atoms with Crippen molar-refractivity contribution in [3.63, 3.8) is 0 Å². The highest BCUT2D eigenvalue weighted by Crippen LogP contribution is 2.25. The summed E-state index contributed by atoms with van der Waals surface area (Å²) in [4.78, 5) is 29.4. The van der Waals surface area contributed by atoms with Crippen LogP contribution in [0.25, 0.3) is 11.4 Å². The molecule has 1 atom stereocenters. The first-order valence-corrected chi connectivity index (χ1v) is 13.2. The number of H-pyrrole nitrogens is 1. The first-order valence-electron chi connectivity index (χ1n) is 13.2. The van der Waals surface area contributed by atoms with Crippen LogP contribution in [-0.4, -0.2) is 67.7 Å². The maximum atomic E-state index is 13.5. The monoisotopic (exact) mass is 502 g/mol. The first-order chi connectivity index (χ1) is 17.7. The molecule has 1 aliphatic heterocycles. The lowest BCUT2D eigenvalue weighted by Gasteiger charge is -2.41. The molecule has 4 rings (SSSR count). The number of nitrogens with zero attached hydrogens (tertiary/aromatic N) is 5. The predicted octanol–water partition coefficient (Wildman–Crippen LogP) is 4.38. The maximum Gasteiger partial charge on any atom is 0.274 e. The second-order valence-corrected chi connectivity index (χ2v) is 10.9. The highest BCUT2D eigenvalue weighted by molar-refractivity contribution is 5.93. The van der Waals surface area contributed by atoms with Gasteiger partial charge in [0.25, 0.3) is 5.91 Å². The minimum Gasteiger partial charge on any atom is -0.336 e. The zero-order valence-corrected chi connectivity index (χ0v) is 22.6. The number of hydrogen-bond donors (Lipinski definition) is 1. The minimum absolute atomic E-state index is 0.0182. The lowest BCUT2D eigenvalue weighted by atomic mass is 9.98. The second-order valence-electron chi connectivity index (χ2n) is 10.9. The van der Waals surface area contributed by atoms with Crippen LogP contribution < -0.4 is 0 Å². The fourth-order valence-corrected chi connectivity index (χ4v) is 5.10. The van der Waals surface area contributed by atoms with E-state index >= 15 is 0 Å². The van der Waals surface area contributed by atoms with Crippen molar-refractivity contribution in [3.8, 4) is 11.4 Å². The van der Waals surface area contributed by atoms with Crippen LogP contribution >= 0.6 is 0 Å². The summed E-state index contributed by atoms with van der Waals surface area (Å²) in [6, 6.07) is 14.2. The van der Waals surface area contributed by atoms with Crippen LogP contribution in [0, 0.1) is 11.8 Å². The summed E-state index contributed by atoms with van der Waals surface area (Å²) in [6.45, 7) is 11.7. The van der Waals surface area contributed by atoms with Gasteiger partial charge in [-0.3, -0.25) is 14.7 Å². The van der Waals surface area contributed by atoms with Crippen molar-refractivity contribution in [2.75, 3.05) is 19.6 Å². The van der Waals surface area contributed by atoms with Crippen LogP contribution in [0.4, 0.5) is 0 Å². The summed E-state index contributed by atoms with van der Waals surface area (Å²) in [5.74, 6) is 0.738. The van der Waals surface area contributed by atoms with E-state index in [0.29, 0.717) is 42.9 Å². The van der Waals surface area contributed by atoms with Crippen LogP contribution in [0.15, 0.2) is 42.5 Å². The molecule has 196 valence electrons. The molecule has 1 N–H and O–H groups in total. The van der Waals surface area contributed by atoms with Gasteiger partial charge >= 0.3 is 0 Å². The number of carbonyl (C=O) groups excluding carboxylic acids is 2. The van der Waals surface area contributed by atoms with E-state index in [0.717, 1.165) is 36.2 Å². The van der Waals surface area contributed by atoms with Crippen molar-refractivity contribution >= 4 is 11.8 Å². The molecule has 1 saturated heterocycles. The highest BCUT2D eigenvalue weighted by atomic mass is 16.2. The molecule has 8 heteroatoms. The fraction of sp³-hybridized carbons (Fsp3) is 0.483. The van der Waals surface area contributed by atoms with Gasteiger partial charge in [0, 0.05) is 44.7 Å². The van der Waals surface area contributed by atoms with Crippen LogP contribution in [-0.2, 0) is 17.6 Å². The molecular formula is C29H38N6O2. The Bertz CT molecular complexity index is 1220. The summed E-state index contributed by atoms with van der Waals surface area (Å²) in [5, 5.41) is 16.5. The van der Waals surface area contributed by atoms with E-state index in [1.807, 2.05) is 40.1 Å². The van der Waals surface area contributed by atoms with E-state index in [4.69, 9.17) is 0 Å². The Morgan fingerprint density at radius 3 is 2.46 bits per heavy atom. The molecule has 2 aromatic heterocycles. The summed E-state index contributed by atoms with van der Waals surface area (Å²) in [5.41, 5.74) is 4.96. The molecule has 0 saturated carbocycles. The molecule has 1 aliphatic rings. The molecule has 0 bridgehead atoms. The smallest absolute Gasteiger partial charge is 0.274 e. The second kappa shape index (κ2) is 11.7. The summed E-state index contributed by atoms with van der Waals surface area (Å²) < 4.78 is 0. The average molecular weight is 503 g/mol. The first kappa shape index (κ1) is 26.5. The standard InChI is InChI=1S/C29H38N6O2/c1-19(2)13-23-16-27(29(37)34-11-12-35(21(5)36)25(18-34)14-20(3)4)32-33-28(23)26-17-24(30-31-26)15-22-9-7-6-8-10-22/h6-10,16-17,19-20,25H,11-15,18H2,1-5H3,(H,30,31). The van der Waals surface area contributed by atoms with Gasteiger partial charge in [-0.25, -0.2) is 0 Å². The third-order valence-corrected chi connectivity index (χ3v) is 6.75. The number of amides is 2. The van der Waals surface area contributed by atoms with Gasteiger partial charge in [0.15, 0.2) is 5.69 Å². The molecular weight excluding hydrogens is 464 g/mol. The van der Waals surface area contributed by atoms with E-state index in [2.05, 4.69) is 60.2 Å². The van der Waals surface area contributed by atoms with Gasteiger partial charge in [-0.05, 0) is 47.9 Å². The molecule has 0 radical (unpaired) electrons. The largest absolute Gasteiger partial charge is 0.336 e. The van der Waals surface area contributed by atoms with Crippen LogP contribution in [0.5, 0.6) is 0 Å². The van der Waals surface area contributed by atoms with Gasteiger partial charge < -0.3 is 9.80 Å². The number of nitrogens with one attached hydrogen (secondary N) is 1. The number of hydrogen-bond acceptors (Lipinski definition) is 5. The zero-order valence-electron chi connectivity index (χ0n) is 22.6. The number of aromatic amines is 1. The quantitative estimate of drug-likeness (QED) is 0.493. The molecule has 3 heterocycles. The average Bonchev–Trinajstić information content (AvgIpc) is 3.31.